The number of rotatable bonds is 2. The lowest BCUT2D eigenvalue weighted by molar-refractivity contribution is 0.375. The smallest absolute Gasteiger partial charge is 0.206 e. The van der Waals surface area contributed by atoms with Gasteiger partial charge in [-0.15, -0.1) is 0 Å². The first-order valence-corrected chi connectivity index (χ1v) is 7.24. The fourth-order valence-electron chi connectivity index (χ4n) is 2.17. The van der Waals surface area contributed by atoms with Crippen LogP contribution in [0.2, 0.25) is 15.1 Å². The zero-order valence-electron chi connectivity index (χ0n) is 10.7. The molecule has 2 aromatic carbocycles. The van der Waals surface area contributed by atoms with E-state index in [0.29, 0.717) is 26.2 Å². The summed E-state index contributed by atoms with van der Waals surface area (Å²) in [6, 6.07) is 10.8. The van der Waals surface area contributed by atoms with Crippen molar-refractivity contribution >= 4 is 41.1 Å². The summed E-state index contributed by atoms with van der Waals surface area (Å²) in [6.45, 7) is 0. The minimum atomic E-state index is -1.09. The molecule has 1 aliphatic heterocycles. The average molecular weight is 342 g/mol. The van der Waals surface area contributed by atoms with Gasteiger partial charge in [0, 0.05) is 21.7 Å². The molecule has 1 atom stereocenters. The Bertz CT molecular complexity index is 709. The van der Waals surface area contributed by atoms with Crippen molar-refractivity contribution in [3.63, 3.8) is 0 Å². The zero-order valence-corrected chi connectivity index (χ0v) is 13.0. The number of hydrazine groups is 1. The molecule has 1 aliphatic rings. The first-order valence-electron chi connectivity index (χ1n) is 6.11. The Morgan fingerprint density at radius 3 is 2.24 bits per heavy atom. The van der Waals surface area contributed by atoms with Crippen molar-refractivity contribution in [3.8, 4) is 11.1 Å². The minimum Gasteiger partial charge on any atom is -0.309 e. The highest BCUT2D eigenvalue weighted by Crippen LogP contribution is 2.40. The highest BCUT2D eigenvalue weighted by Gasteiger charge is 2.30. The molecule has 0 saturated heterocycles. The van der Waals surface area contributed by atoms with Crippen LogP contribution >= 0.6 is 34.8 Å². The fraction of sp³-hybridized carbons (Fsp3) is 0.0714. The van der Waals surface area contributed by atoms with Crippen LogP contribution in [-0.4, -0.2) is 6.34 Å². The van der Waals surface area contributed by atoms with Gasteiger partial charge in [-0.05, 0) is 18.2 Å². The standard InChI is InChI=1S/C14H11Cl3N4/c15-10-4-2-1-3-9(10)13-11(16)5-8(6-12(13)17)14(18)19-7-20-21-14/h1-7,21H,18H2,(H,19,20). The van der Waals surface area contributed by atoms with Crippen molar-refractivity contribution in [1.29, 1.82) is 0 Å². The van der Waals surface area contributed by atoms with Gasteiger partial charge in [-0.25, -0.2) is 4.99 Å². The van der Waals surface area contributed by atoms with E-state index in [0.717, 1.165) is 5.56 Å². The number of nitrogens with one attached hydrogen (secondary N) is 2. The molecule has 21 heavy (non-hydrogen) atoms. The van der Waals surface area contributed by atoms with Gasteiger partial charge in [0.25, 0.3) is 0 Å². The van der Waals surface area contributed by atoms with E-state index in [1.54, 1.807) is 18.2 Å². The summed E-state index contributed by atoms with van der Waals surface area (Å²) >= 11 is 19.0. The number of nitrogens with two attached hydrogens (primary N) is 1. The molecule has 4 nitrogen and oxygen atoms in total. The molecule has 2 aromatic rings. The molecule has 0 aliphatic carbocycles. The molecule has 0 saturated carbocycles. The zero-order chi connectivity index (χ0) is 15.0. The van der Waals surface area contributed by atoms with Crippen molar-refractivity contribution in [1.82, 2.24) is 10.9 Å². The topological polar surface area (TPSA) is 62.4 Å². The van der Waals surface area contributed by atoms with E-state index < -0.39 is 5.79 Å². The Morgan fingerprint density at radius 1 is 1.00 bits per heavy atom. The summed E-state index contributed by atoms with van der Waals surface area (Å²) in [6.07, 6.45) is 1.48. The van der Waals surface area contributed by atoms with Crippen molar-refractivity contribution in [2.24, 2.45) is 10.7 Å². The second-order valence-corrected chi connectivity index (χ2v) is 5.81. The van der Waals surface area contributed by atoms with Crippen LogP contribution in [0.25, 0.3) is 11.1 Å². The van der Waals surface area contributed by atoms with Gasteiger partial charge < -0.3 is 5.43 Å². The monoisotopic (exact) mass is 340 g/mol. The lowest BCUT2D eigenvalue weighted by Crippen LogP contribution is -2.49. The number of aliphatic imine (C=N–C) groups is 1. The molecule has 3 rings (SSSR count). The van der Waals surface area contributed by atoms with Crippen LogP contribution in [0.3, 0.4) is 0 Å². The second-order valence-electron chi connectivity index (χ2n) is 4.59. The lowest BCUT2D eigenvalue weighted by Gasteiger charge is -2.22. The Hall–Kier alpha value is -1.30. The van der Waals surface area contributed by atoms with Crippen LogP contribution in [-0.2, 0) is 5.79 Å². The maximum atomic E-state index is 6.38. The van der Waals surface area contributed by atoms with Gasteiger partial charge in [-0.2, -0.15) is 5.43 Å². The fourth-order valence-corrected chi connectivity index (χ4v) is 3.09. The largest absolute Gasteiger partial charge is 0.309 e. The van der Waals surface area contributed by atoms with E-state index in [1.807, 2.05) is 18.2 Å². The first kappa shape index (κ1) is 14.6. The van der Waals surface area contributed by atoms with E-state index in [2.05, 4.69) is 15.8 Å². The summed E-state index contributed by atoms with van der Waals surface area (Å²) in [5.74, 6) is -1.09. The van der Waals surface area contributed by atoms with E-state index in [4.69, 9.17) is 40.5 Å². The second kappa shape index (κ2) is 5.48. The number of halogens is 3. The third kappa shape index (κ3) is 2.61. The van der Waals surface area contributed by atoms with Gasteiger partial charge >= 0.3 is 0 Å². The predicted molar refractivity (Wildman–Crippen MR) is 87.5 cm³/mol. The molecule has 0 fully saturated rings. The van der Waals surface area contributed by atoms with Gasteiger partial charge in [0.05, 0.1) is 10.0 Å². The molecular formula is C14H11Cl3N4. The molecule has 0 bridgehead atoms. The maximum Gasteiger partial charge on any atom is 0.206 e. The molecule has 1 unspecified atom stereocenters. The number of hydrogen-bond donors (Lipinski definition) is 3. The molecule has 0 radical (unpaired) electrons. The lowest BCUT2D eigenvalue weighted by atomic mass is 10.0. The van der Waals surface area contributed by atoms with Crippen LogP contribution in [0.5, 0.6) is 0 Å². The first-order chi connectivity index (χ1) is 10.0. The third-order valence-corrected chi connectivity index (χ3v) is 4.15. The van der Waals surface area contributed by atoms with E-state index in [-0.39, 0.29) is 0 Å². The van der Waals surface area contributed by atoms with Crippen LogP contribution in [0.15, 0.2) is 41.4 Å². The van der Waals surface area contributed by atoms with Gasteiger partial charge in [0.15, 0.2) is 0 Å². The quantitative estimate of drug-likeness (QED) is 0.783. The molecule has 108 valence electrons. The molecule has 4 N–H and O–H groups in total. The predicted octanol–water partition coefficient (Wildman–Crippen LogP) is 3.52. The third-order valence-electron chi connectivity index (χ3n) is 3.22. The maximum absolute atomic E-state index is 6.38. The average Bonchev–Trinajstić information content (AvgIpc) is 2.88. The Morgan fingerprint density at radius 2 is 1.67 bits per heavy atom. The SMILES string of the molecule is NC1(c2cc(Cl)c(-c3ccccc3Cl)c(Cl)c2)N=CNN1. The van der Waals surface area contributed by atoms with Crippen molar-refractivity contribution in [2.75, 3.05) is 0 Å². The van der Waals surface area contributed by atoms with Crippen LogP contribution in [0.4, 0.5) is 0 Å². The highest BCUT2D eigenvalue weighted by atomic mass is 35.5. The Labute approximate surface area is 136 Å². The van der Waals surface area contributed by atoms with Gasteiger partial charge in [-0.1, -0.05) is 53.0 Å². The molecule has 0 aromatic heterocycles. The highest BCUT2D eigenvalue weighted by molar-refractivity contribution is 6.41. The summed E-state index contributed by atoms with van der Waals surface area (Å²) in [4.78, 5) is 4.13. The summed E-state index contributed by atoms with van der Waals surface area (Å²) < 4.78 is 0. The molecule has 1 heterocycles. The summed E-state index contributed by atoms with van der Waals surface area (Å²) in [5, 5.41) is 1.49. The van der Waals surface area contributed by atoms with Gasteiger partial charge in [0.1, 0.15) is 6.34 Å². The van der Waals surface area contributed by atoms with Gasteiger partial charge in [0.2, 0.25) is 5.79 Å². The Kier molecular flexibility index (Phi) is 3.82. The molecule has 0 amide bonds. The summed E-state index contributed by atoms with van der Waals surface area (Å²) in [5.41, 5.74) is 13.8. The van der Waals surface area contributed by atoms with Crippen LogP contribution < -0.4 is 16.6 Å². The van der Waals surface area contributed by atoms with E-state index >= 15 is 0 Å². The molecule has 7 heteroatoms. The van der Waals surface area contributed by atoms with Crippen molar-refractivity contribution < 1.29 is 0 Å². The van der Waals surface area contributed by atoms with Gasteiger partial charge in [-0.3, -0.25) is 5.73 Å². The van der Waals surface area contributed by atoms with Crippen molar-refractivity contribution in [3.05, 3.63) is 57.0 Å². The number of benzene rings is 2. The molecule has 0 spiro atoms. The minimum absolute atomic E-state index is 0.458. The Balaban J connectivity index is 2.14. The normalized spacial score (nSPS) is 20.6. The van der Waals surface area contributed by atoms with E-state index in [9.17, 15) is 0 Å². The number of nitrogens with zero attached hydrogens (tertiary/aromatic N) is 1. The molecular weight excluding hydrogens is 331 g/mol. The van der Waals surface area contributed by atoms with Crippen molar-refractivity contribution in [2.45, 2.75) is 5.79 Å². The van der Waals surface area contributed by atoms with Crippen LogP contribution in [0, 0.1) is 0 Å². The van der Waals surface area contributed by atoms with Crippen LogP contribution in [0.1, 0.15) is 5.56 Å². The number of hydrogen-bond acceptors (Lipinski definition) is 4. The summed E-state index contributed by atoms with van der Waals surface area (Å²) in [7, 11) is 0. The van der Waals surface area contributed by atoms with E-state index in [1.165, 1.54) is 6.34 Å².